The zero-order valence-corrected chi connectivity index (χ0v) is 20.9. The average Bonchev–Trinajstić information content (AvgIpc) is 3.35. The smallest absolute Gasteiger partial charge is 0.382 e. The van der Waals surface area contributed by atoms with Crippen molar-refractivity contribution in [1.29, 1.82) is 0 Å². The van der Waals surface area contributed by atoms with E-state index in [1.165, 1.54) is 23.0 Å². The van der Waals surface area contributed by atoms with Crippen LogP contribution in [0, 0.1) is 11.7 Å². The van der Waals surface area contributed by atoms with Crippen molar-refractivity contribution >= 4 is 22.5 Å². The lowest BCUT2D eigenvalue weighted by Gasteiger charge is -2.30. The van der Waals surface area contributed by atoms with Crippen molar-refractivity contribution in [3.63, 3.8) is 0 Å². The summed E-state index contributed by atoms with van der Waals surface area (Å²) in [7, 11) is 1.62. The van der Waals surface area contributed by atoms with Gasteiger partial charge in [0, 0.05) is 36.5 Å². The highest BCUT2D eigenvalue weighted by Gasteiger charge is 2.37. The zero-order chi connectivity index (χ0) is 27.9. The van der Waals surface area contributed by atoms with Crippen LogP contribution in [0.2, 0.25) is 0 Å². The SMILES string of the molecule is CC1CC=C(NC(=O)c2[nH]c(C(F)(F)F)nc2-c2ccc(F)cc2)CC1Nc1ccc2ncn(C)c(=O)c2c1. The number of amides is 1. The van der Waals surface area contributed by atoms with Gasteiger partial charge in [-0.2, -0.15) is 13.2 Å². The van der Waals surface area contributed by atoms with Gasteiger partial charge < -0.3 is 20.2 Å². The first kappa shape index (κ1) is 26.1. The third-order valence-electron chi connectivity index (χ3n) is 6.72. The Kier molecular flexibility index (Phi) is 6.71. The molecule has 1 aliphatic carbocycles. The summed E-state index contributed by atoms with van der Waals surface area (Å²) in [6, 6.07) is 9.85. The van der Waals surface area contributed by atoms with Crippen LogP contribution in [-0.2, 0) is 13.2 Å². The highest BCUT2D eigenvalue weighted by atomic mass is 19.4. The number of benzene rings is 2. The molecule has 8 nitrogen and oxygen atoms in total. The number of halogens is 4. The van der Waals surface area contributed by atoms with Gasteiger partial charge in [0.05, 0.1) is 17.2 Å². The van der Waals surface area contributed by atoms with Crippen molar-refractivity contribution in [2.75, 3.05) is 5.32 Å². The van der Waals surface area contributed by atoms with Crippen LogP contribution in [0.1, 0.15) is 36.1 Å². The summed E-state index contributed by atoms with van der Waals surface area (Å²) in [6.07, 6.45) is -0.537. The van der Waals surface area contributed by atoms with Gasteiger partial charge in [-0.3, -0.25) is 9.59 Å². The van der Waals surface area contributed by atoms with Crippen molar-refractivity contribution in [3.05, 3.63) is 88.3 Å². The fourth-order valence-electron chi connectivity index (χ4n) is 4.52. The quantitative estimate of drug-likeness (QED) is 0.309. The highest BCUT2D eigenvalue weighted by molar-refractivity contribution is 5.99. The number of aromatic nitrogens is 4. The van der Waals surface area contributed by atoms with Crippen molar-refractivity contribution in [3.8, 4) is 11.3 Å². The second-order valence-electron chi connectivity index (χ2n) is 9.56. The molecule has 0 aliphatic heterocycles. The molecule has 1 aliphatic rings. The van der Waals surface area contributed by atoms with E-state index in [-0.39, 0.29) is 34.5 Å². The van der Waals surface area contributed by atoms with Crippen molar-refractivity contribution in [2.45, 2.75) is 32.0 Å². The summed E-state index contributed by atoms with van der Waals surface area (Å²) < 4.78 is 55.0. The third-order valence-corrected chi connectivity index (χ3v) is 6.72. The molecular weight excluding hydrogens is 516 g/mol. The molecule has 0 saturated heterocycles. The molecule has 2 aromatic carbocycles. The highest BCUT2D eigenvalue weighted by Crippen LogP contribution is 2.32. The van der Waals surface area contributed by atoms with Crippen LogP contribution in [0.5, 0.6) is 0 Å². The van der Waals surface area contributed by atoms with Crippen LogP contribution >= 0.6 is 0 Å². The summed E-state index contributed by atoms with van der Waals surface area (Å²) in [5, 5.41) is 6.58. The summed E-state index contributed by atoms with van der Waals surface area (Å²) >= 11 is 0. The van der Waals surface area contributed by atoms with E-state index in [1.54, 1.807) is 19.2 Å². The fourth-order valence-corrected chi connectivity index (χ4v) is 4.52. The van der Waals surface area contributed by atoms with E-state index >= 15 is 0 Å². The zero-order valence-electron chi connectivity index (χ0n) is 20.9. The number of allylic oxidation sites excluding steroid dienone is 1. The average molecular weight is 541 g/mol. The van der Waals surface area contributed by atoms with Crippen LogP contribution in [0.25, 0.3) is 22.2 Å². The second kappa shape index (κ2) is 10.0. The van der Waals surface area contributed by atoms with Gasteiger partial charge in [-0.05, 0) is 54.8 Å². The number of aromatic amines is 1. The number of aryl methyl sites for hydroxylation is 1. The van der Waals surface area contributed by atoms with Gasteiger partial charge in [0.1, 0.15) is 17.2 Å². The Morgan fingerprint density at radius 3 is 2.62 bits per heavy atom. The number of hydrogen-bond donors (Lipinski definition) is 3. The predicted octanol–water partition coefficient (Wildman–Crippen LogP) is 5.01. The Morgan fingerprint density at radius 1 is 1.15 bits per heavy atom. The van der Waals surface area contributed by atoms with E-state index in [1.807, 2.05) is 19.1 Å². The minimum atomic E-state index is -4.81. The Morgan fingerprint density at radius 2 is 1.90 bits per heavy atom. The molecule has 2 atom stereocenters. The molecule has 12 heteroatoms. The molecule has 2 aromatic heterocycles. The maximum atomic E-state index is 13.4. The Bertz CT molecular complexity index is 1640. The lowest BCUT2D eigenvalue weighted by atomic mass is 9.88. The molecule has 4 aromatic rings. The van der Waals surface area contributed by atoms with Crippen LogP contribution in [0.15, 0.2) is 65.4 Å². The first-order valence-electron chi connectivity index (χ1n) is 12.1. The molecule has 2 unspecified atom stereocenters. The van der Waals surface area contributed by atoms with Gasteiger partial charge in [0.25, 0.3) is 11.5 Å². The van der Waals surface area contributed by atoms with Crippen molar-refractivity contribution in [2.24, 2.45) is 13.0 Å². The standard InChI is InChI=1S/C27H24F4N6O2/c1-14-3-8-18(12-21(14)33-17-9-10-20-19(11-17)25(39)37(2)13-32-20)34-24(38)23-22(15-4-6-16(28)7-5-15)35-26(36-23)27(29,30)31/h4-11,13-14,21,33H,3,12H2,1-2H3,(H,34,38)(H,35,36). The van der Waals surface area contributed by atoms with Gasteiger partial charge in [0.2, 0.25) is 5.82 Å². The van der Waals surface area contributed by atoms with E-state index in [4.69, 9.17) is 0 Å². The number of H-pyrrole nitrogens is 1. The Balaban J connectivity index is 1.37. The predicted molar refractivity (Wildman–Crippen MR) is 137 cm³/mol. The molecule has 0 radical (unpaired) electrons. The number of alkyl halides is 3. The van der Waals surface area contributed by atoms with E-state index in [9.17, 15) is 27.2 Å². The fraction of sp³-hybridized carbons (Fsp3) is 0.259. The lowest BCUT2D eigenvalue weighted by molar-refractivity contribution is -0.144. The number of carbonyl (C=O) groups excluding carboxylic acids is 1. The normalized spacial score (nSPS) is 17.6. The summed E-state index contributed by atoms with van der Waals surface area (Å²) in [5.41, 5.74) is 1.18. The number of nitrogens with zero attached hydrogens (tertiary/aromatic N) is 3. The number of carbonyl (C=O) groups is 1. The molecule has 39 heavy (non-hydrogen) atoms. The van der Waals surface area contributed by atoms with Crippen molar-refractivity contribution < 1.29 is 22.4 Å². The molecule has 0 bridgehead atoms. The number of hydrogen-bond acceptors (Lipinski definition) is 5. The van der Waals surface area contributed by atoms with Gasteiger partial charge in [-0.15, -0.1) is 0 Å². The first-order valence-corrected chi connectivity index (χ1v) is 12.1. The van der Waals surface area contributed by atoms with E-state index in [2.05, 4.69) is 25.6 Å². The van der Waals surface area contributed by atoms with E-state index in [0.717, 1.165) is 12.1 Å². The number of anilines is 1. The molecular formula is C27H24F4N6O2. The van der Waals surface area contributed by atoms with Gasteiger partial charge in [-0.25, -0.2) is 14.4 Å². The molecule has 5 rings (SSSR count). The van der Waals surface area contributed by atoms with Crippen LogP contribution in [-0.4, -0.2) is 31.5 Å². The second-order valence-corrected chi connectivity index (χ2v) is 9.56. The maximum Gasteiger partial charge on any atom is 0.449 e. The number of fused-ring (bicyclic) bond motifs is 1. The van der Waals surface area contributed by atoms with Gasteiger partial charge in [0.15, 0.2) is 0 Å². The minimum Gasteiger partial charge on any atom is -0.382 e. The number of rotatable bonds is 5. The van der Waals surface area contributed by atoms with Gasteiger partial charge >= 0.3 is 6.18 Å². The first-order chi connectivity index (χ1) is 18.5. The molecule has 0 fully saturated rings. The maximum absolute atomic E-state index is 13.4. The molecule has 0 saturated carbocycles. The topological polar surface area (TPSA) is 105 Å². The van der Waals surface area contributed by atoms with Crippen LogP contribution in [0.3, 0.4) is 0 Å². The van der Waals surface area contributed by atoms with Crippen LogP contribution in [0.4, 0.5) is 23.2 Å². The lowest BCUT2D eigenvalue weighted by Crippen LogP contribution is -2.35. The largest absolute Gasteiger partial charge is 0.449 e. The molecule has 202 valence electrons. The summed E-state index contributed by atoms with van der Waals surface area (Å²) in [6.45, 7) is 2.03. The minimum absolute atomic E-state index is 0.132. The summed E-state index contributed by atoms with van der Waals surface area (Å²) in [4.78, 5) is 35.6. The monoisotopic (exact) mass is 540 g/mol. The van der Waals surface area contributed by atoms with Crippen molar-refractivity contribution in [1.82, 2.24) is 24.8 Å². The molecule has 0 spiro atoms. The number of nitrogens with one attached hydrogen (secondary N) is 3. The third kappa shape index (κ3) is 5.40. The Labute approximate surface area is 219 Å². The molecule has 3 N–H and O–H groups in total. The van der Waals surface area contributed by atoms with E-state index in [0.29, 0.717) is 35.1 Å². The van der Waals surface area contributed by atoms with Crippen LogP contribution < -0.4 is 16.2 Å². The molecule has 2 heterocycles. The summed E-state index contributed by atoms with van der Waals surface area (Å²) in [5.74, 6) is -2.52. The van der Waals surface area contributed by atoms with Gasteiger partial charge in [-0.1, -0.05) is 13.0 Å². The molecule has 1 amide bonds. The number of imidazole rings is 1. The van der Waals surface area contributed by atoms with E-state index < -0.39 is 23.7 Å². The Hall–Kier alpha value is -4.48.